The highest BCUT2D eigenvalue weighted by molar-refractivity contribution is 7.99. The number of halogens is 2. The maximum Gasteiger partial charge on any atom is 0.238 e. The van der Waals surface area contributed by atoms with Crippen LogP contribution in [-0.2, 0) is 11.3 Å². The van der Waals surface area contributed by atoms with Crippen molar-refractivity contribution >= 4 is 23.5 Å². The molecule has 0 aliphatic carbocycles. The van der Waals surface area contributed by atoms with Gasteiger partial charge in [-0.05, 0) is 37.8 Å². The second-order valence-corrected chi connectivity index (χ2v) is 6.23. The molecule has 1 atom stereocenters. The summed E-state index contributed by atoms with van der Waals surface area (Å²) in [6.45, 7) is 3.79. The molecular formula is C16H19F2N3OS. The zero-order valence-electron chi connectivity index (χ0n) is 13.3. The molecule has 4 nitrogen and oxygen atoms in total. The molecule has 0 saturated carbocycles. The Balaban J connectivity index is 2.25. The van der Waals surface area contributed by atoms with Gasteiger partial charge in [0.2, 0.25) is 5.91 Å². The Morgan fingerprint density at radius 3 is 2.83 bits per heavy atom. The van der Waals surface area contributed by atoms with Gasteiger partial charge in [-0.25, -0.2) is 13.5 Å². The Labute approximate surface area is 138 Å². The maximum atomic E-state index is 13.8. The summed E-state index contributed by atoms with van der Waals surface area (Å²) in [4.78, 5) is 12.2. The SMILES string of the molecule is CC[C@H](SC)C(=O)Nc1c(C)cnn1Cc1cc(F)ccc1F. The largest absolute Gasteiger partial charge is 0.310 e. The van der Waals surface area contributed by atoms with Gasteiger partial charge < -0.3 is 5.32 Å². The van der Waals surface area contributed by atoms with E-state index in [-0.39, 0.29) is 23.3 Å². The van der Waals surface area contributed by atoms with Gasteiger partial charge in [-0.2, -0.15) is 16.9 Å². The van der Waals surface area contributed by atoms with Crippen LogP contribution in [0.25, 0.3) is 0 Å². The van der Waals surface area contributed by atoms with E-state index in [1.54, 1.807) is 13.1 Å². The summed E-state index contributed by atoms with van der Waals surface area (Å²) in [5, 5.41) is 6.83. The van der Waals surface area contributed by atoms with Crippen molar-refractivity contribution in [1.29, 1.82) is 0 Å². The van der Waals surface area contributed by atoms with Crippen molar-refractivity contribution in [2.75, 3.05) is 11.6 Å². The van der Waals surface area contributed by atoms with Gasteiger partial charge in [0, 0.05) is 11.1 Å². The monoisotopic (exact) mass is 339 g/mol. The lowest BCUT2D eigenvalue weighted by Crippen LogP contribution is -2.26. The van der Waals surface area contributed by atoms with Crippen LogP contribution in [0.2, 0.25) is 0 Å². The first-order valence-electron chi connectivity index (χ1n) is 7.26. The minimum absolute atomic E-state index is 0.0447. The Kier molecular flexibility index (Phi) is 5.76. The van der Waals surface area contributed by atoms with Gasteiger partial charge in [0.05, 0.1) is 18.0 Å². The summed E-state index contributed by atoms with van der Waals surface area (Å²) >= 11 is 1.47. The molecule has 124 valence electrons. The number of hydrogen-bond acceptors (Lipinski definition) is 3. The minimum Gasteiger partial charge on any atom is -0.310 e. The number of nitrogens with zero attached hydrogens (tertiary/aromatic N) is 2. The first kappa shape index (κ1) is 17.5. The number of carbonyl (C=O) groups is 1. The second kappa shape index (κ2) is 7.59. The van der Waals surface area contributed by atoms with Crippen molar-refractivity contribution in [3.05, 3.63) is 47.2 Å². The van der Waals surface area contributed by atoms with E-state index in [1.165, 1.54) is 16.4 Å². The highest BCUT2D eigenvalue weighted by Crippen LogP contribution is 2.20. The van der Waals surface area contributed by atoms with Crippen molar-refractivity contribution < 1.29 is 13.6 Å². The number of benzene rings is 1. The standard InChI is InChI=1S/C16H19F2N3OS/c1-4-14(23-3)16(22)20-15-10(2)8-19-21(15)9-11-7-12(17)5-6-13(11)18/h5-8,14H,4,9H2,1-3H3,(H,20,22)/t14-/m0/s1. The molecule has 0 bridgehead atoms. The summed E-state index contributed by atoms with van der Waals surface area (Å²) in [5.41, 5.74) is 0.951. The predicted octanol–water partition coefficient (Wildman–Crippen LogP) is 3.60. The fourth-order valence-electron chi connectivity index (χ4n) is 2.24. The first-order valence-corrected chi connectivity index (χ1v) is 8.55. The van der Waals surface area contributed by atoms with E-state index in [0.717, 1.165) is 23.8 Å². The molecule has 0 aliphatic heterocycles. The van der Waals surface area contributed by atoms with Crippen LogP contribution in [0.1, 0.15) is 24.5 Å². The molecule has 1 N–H and O–H groups in total. The van der Waals surface area contributed by atoms with Gasteiger partial charge in [0.1, 0.15) is 17.5 Å². The van der Waals surface area contributed by atoms with Crippen molar-refractivity contribution in [3.8, 4) is 0 Å². The number of thioether (sulfide) groups is 1. The topological polar surface area (TPSA) is 46.9 Å². The van der Waals surface area contributed by atoms with Crippen LogP contribution < -0.4 is 5.32 Å². The Bertz CT molecular complexity index is 699. The molecule has 0 spiro atoms. The second-order valence-electron chi connectivity index (χ2n) is 5.19. The van der Waals surface area contributed by atoms with Crippen molar-refractivity contribution in [3.63, 3.8) is 0 Å². The van der Waals surface area contributed by atoms with E-state index < -0.39 is 11.6 Å². The molecule has 7 heteroatoms. The number of aromatic nitrogens is 2. The number of nitrogens with one attached hydrogen (secondary N) is 1. The third kappa shape index (κ3) is 4.10. The number of rotatable bonds is 6. The predicted molar refractivity (Wildman–Crippen MR) is 88.6 cm³/mol. The quantitative estimate of drug-likeness (QED) is 0.875. The lowest BCUT2D eigenvalue weighted by molar-refractivity contribution is -0.115. The molecule has 0 aliphatic rings. The van der Waals surface area contributed by atoms with Gasteiger partial charge in [0.15, 0.2) is 0 Å². The highest BCUT2D eigenvalue weighted by Gasteiger charge is 2.19. The number of carbonyl (C=O) groups excluding carboxylic acids is 1. The fraction of sp³-hybridized carbons (Fsp3) is 0.375. The van der Waals surface area contributed by atoms with Gasteiger partial charge >= 0.3 is 0 Å². The fourth-order valence-corrected chi connectivity index (χ4v) is 2.85. The molecule has 1 aromatic carbocycles. The Morgan fingerprint density at radius 2 is 2.17 bits per heavy atom. The van der Waals surface area contributed by atoms with E-state index in [9.17, 15) is 13.6 Å². The van der Waals surface area contributed by atoms with Crippen LogP contribution in [-0.4, -0.2) is 27.2 Å². The van der Waals surface area contributed by atoms with Gasteiger partial charge in [-0.15, -0.1) is 0 Å². The lowest BCUT2D eigenvalue weighted by atomic mass is 10.2. The molecule has 2 aromatic rings. The van der Waals surface area contributed by atoms with Crippen LogP contribution in [0.5, 0.6) is 0 Å². The van der Waals surface area contributed by atoms with Crippen LogP contribution >= 0.6 is 11.8 Å². The molecule has 2 rings (SSSR count). The molecule has 0 saturated heterocycles. The minimum atomic E-state index is -0.510. The number of hydrogen-bond donors (Lipinski definition) is 1. The molecule has 1 aromatic heterocycles. The zero-order valence-corrected chi connectivity index (χ0v) is 14.1. The van der Waals surface area contributed by atoms with Crippen LogP contribution in [0.15, 0.2) is 24.4 Å². The molecule has 0 fully saturated rings. The van der Waals surface area contributed by atoms with Crippen LogP contribution in [0, 0.1) is 18.6 Å². The highest BCUT2D eigenvalue weighted by atomic mass is 32.2. The van der Waals surface area contributed by atoms with Gasteiger partial charge in [0.25, 0.3) is 0 Å². The number of anilines is 1. The number of amides is 1. The van der Waals surface area contributed by atoms with Crippen molar-refractivity contribution in [1.82, 2.24) is 9.78 Å². The molecule has 0 radical (unpaired) electrons. The van der Waals surface area contributed by atoms with Gasteiger partial charge in [-0.3, -0.25) is 4.79 Å². The van der Waals surface area contributed by atoms with E-state index in [0.29, 0.717) is 12.2 Å². The normalized spacial score (nSPS) is 12.2. The summed E-state index contributed by atoms with van der Waals surface area (Å²) in [5.74, 6) is -0.632. The smallest absolute Gasteiger partial charge is 0.238 e. The van der Waals surface area contributed by atoms with E-state index in [4.69, 9.17) is 0 Å². The number of aryl methyl sites for hydroxylation is 1. The van der Waals surface area contributed by atoms with E-state index >= 15 is 0 Å². The molecule has 23 heavy (non-hydrogen) atoms. The average Bonchev–Trinajstić information content (AvgIpc) is 2.85. The molecule has 0 unspecified atom stereocenters. The average molecular weight is 339 g/mol. The van der Waals surface area contributed by atoms with Crippen molar-refractivity contribution in [2.45, 2.75) is 32.1 Å². The van der Waals surface area contributed by atoms with Crippen molar-refractivity contribution in [2.24, 2.45) is 0 Å². The Morgan fingerprint density at radius 1 is 1.43 bits per heavy atom. The molecular weight excluding hydrogens is 320 g/mol. The summed E-state index contributed by atoms with van der Waals surface area (Å²) in [7, 11) is 0. The molecule has 1 amide bonds. The van der Waals surface area contributed by atoms with Crippen LogP contribution in [0.3, 0.4) is 0 Å². The summed E-state index contributed by atoms with van der Waals surface area (Å²) < 4.78 is 28.6. The molecule has 1 heterocycles. The summed E-state index contributed by atoms with van der Waals surface area (Å²) in [6.07, 6.45) is 4.17. The van der Waals surface area contributed by atoms with Gasteiger partial charge in [-0.1, -0.05) is 6.92 Å². The third-order valence-electron chi connectivity index (χ3n) is 3.54. The first-order chi connectivity index (χ1) is 11.0. The van der Waals surface area contributed by atoms with E-state index in [2.05, 4.69) is 10.4 Å². The third-order valence-corrected chi connectivity index (χ3v) is 4.66. The maximum absolute atomic E-state index is 13.8. The zero-order chi connectivity index (χ0) is 17.0. The lowest BCUT2D eigenvalue weighted by Gasteiger charge is -2.15. The van der Waals surface area contributed by atoms with Crippen LogP contribution in [0.4, 0.5) is 14.6 Å². The summed E-state index contributed by atoms with van der Waals surface area (Å²) in [6, 6.07) is 3.29. The Hall–Kier alpha value is -1.89. The van der Waals surface area contributed by atoms with E-state index in [1.807, 2.05) is 13.2 Å².